The van der Waals surface area contributed by atoms with E-state index in [1.54, 1.807) is 16.9 Å². The second-order valence-electron chi connectivity index (χ2n) is 5.17. The Hall–Kier alpha value is -2.30. The van der Waals surface area contributed by atoms with E-state index in [-0.39, 0.29) is 18.5 Å². The minimum atomic E-state index is -0.0803. The van der Waals surface area contributed by atoms with E-state index in [0.29, 0.717) is 0 Å². The van der Waals surface area contributed by atoms with Crippen LogP contribution in [-0.2, 0) is 11.2 Å². The molecule has 1 heterocycles. The molecule has 1 aromatic heterocycles. The standard InChI is InChI=1S/C16H22N4O/c1-4-13-7-5-6-8-14(13)17-11-16(21)19-15-9-10-18-20(15)12(2)3/h5-10,12,17H,4,11H2,1-3H3,(H,19,21). The van der Waals surface area contributed by atoms with E-state index in [4.69, 9.17) is 0 Å². The fourth-order valence-electron chi connectivity index (χ4n) is 2.19. The maximum Gasteiger partial charge on any atom is 0.244 e. The van der Waals surface area contributed by atoms with Crippen LogP contribution in [0.2, 0.25) is 0 Å². The number of nitrogens with zero attached hydrogens (tertiary/aromatic N) is 2. The average molecular weight is 286 g/mol. The summed E-state index contributed by atoms with van der Waals surface area (Å²) in [7, 11) is 0. The summed E-state index contributed by atoms with van der Waals surface area (Å²) in [6, 6.07) is 10.0. The van der Waals surface area contributed by atoms with Crippen LogP contribution in [0.15, 0.2) is 36.5 Å². The lowest BCUT2D eigenvalue weighted by molar-refractivity contribution is -0.114. The van der Waals surface area contributed by atoms with E-state index in [1.165, 1.54) is 5.56 Å². The van der Waals surface area contributed by atoms with Crippen molar-refractivity contribution in [2.75, 3.05) is 17.2 Å². The number of carbonyl (C=O) groups is 1. The molecular weight excluding hydrogens is 264 g/mol. The highest BCUT2D eigenvalue weighted by Crippen LogP contribution is 2.16. The molecule has 21 heavy (non-hydrogen) atoms. The zero-order chi connectivity index (χ0) is 15.2. The number of aromatic nitrogens is 2. The third-order valence-corrected chi connectivity index (χ3v) is 3.26. The van der Waals surface area contributed by atoms with Gasteiger partial charge in [-0.15, -0.1) is 0 Å². The van der Waals surface area contributed by atoms with Gasteiger partial charge in [-0.2, -0.15) is 5.10 Å². The molecule has 2 rings (SSSR count). The van der Waals surface area contributed by atoms with E-state index < -0.39 is 0 Å². The fourth-order valence-corrected chi connectivity index (χ4v) is 2.19. The topological polar surface area (TPSA) is 59.0 Å². The monoisotopic (exact) mass is 286 g/mol. The third-order valence-electron chi connectivity index (χ3n) is 3.26. The predicted molar refractivity (Wildman–Crippen MR) is 85.6 cm³/mol. The van der Waals surface area contributed by atoms with Crippen molar-refractivity contribution in [1.82, 2.24) is 9.78 Å². The first-order valence-electron chi connectivity index (χ1n) is 7.27. The smallest absolute Gasteiger partial charge is 0.244 e. The lowest BCUT2D eigenvalue weighted by Gasteiger charge is -2.13. The molecule has 0 fully saturated rings. The van der Waals surface area contributed by atoms with Gasteiger partial charge in [0.1, 0.15) is 5.82 Å². The highest BCUT2D eigenvalue weighted by molar-refractivity contribution is 5.93. The van der Waals surface area contributed by atoms with Gasteiger partial charge < -0.3 is 10.6 Å². The summed E-state index contributed by atoms with van der Waals surface area (Å²) in [5, 5.41) is 10.3. The number of amides is 1. The van der Waals surface area contributed by atoms with E-state index in [9.17, 15) is 4.79 Å². The molecule has 1 aromatic carbocycles. The van der Waals surface area contributed by atoms with Crippen molar-refractivity contribution in [3.8, 4) is 0 Å². The predicted octanol–water partition coefficient (Wildman–Crippen LogP) is 3.08. The fraction of sp³-hybridized carbons (Fsp3) is 0.375. The molecule has 5 nitrogen and oxygen atoms in total. The SMILES string of the molecule is CCc1ccccc1NCC(=O)Nc1ccnn1C(C)C. The molecule has 112 valence electrons. The summed E-state index contributed by atoms with van der Waals surface area (Å²) >= 11 is 0. The van der Waals surface area contributed by atoms with Crippen LogP contribution in [0.1, 0.15) is 32.4 Å². The number of aryl methyl sites for hydroxylation is 1. The molecule has 0 bridgehead atoms. The first-order chi connectivity index (χ1) is 10.1. The van der Waals surface area contributed by atoms with E-state index in [0.717, 1.165) is 17.9 Å². The molecule has 0 saturated heterocycles. The molecule has 0 saturated carbocycles. The molecule has 0 aliphatic carbocycles. The van der Waals surface area contributed by atoms with Crippen molar-refractivity contribution in [3.63, 3.8) is 0 Å². The van der Waals surface area contributed by atoms with Crippen LogP contribution >= 0.6 is 0 Å². The number of nitrogens with one attached hydrogen (secondary N) is 2. The Labute approximate surface area is 125 Å². The molecule has 2 aromatic rings. The molecule has 0 spiro atoms. The van der Waals surface area contributed by atoms with Gasteiger partial charge in [0.05, 0.1) is 12.7 Å². The normalized spacial score (nSPS) is 10.7. The summed E-state index contributed by atoms with van der Waals surface area (Å²) in [4.78, 5) is 12.0. The van der Waals surface area contributed by atoms with Crippen LogP contribution in [0.3, 0.4) is 0 Å². The molecule has 0 aliphatic rings. The second kappa shape index (κ2) is 6.92. The molecule has 0 atom stereocenters. The zero-order valence-electron chi connectivity index (χ0n) is 12.8. The van der Waals surface area contributed by atoms with Crippen molar-refractivity contribution < 1.29 is 4.79 Å². The summed E-state index contributed by atoms with van der Waals surface area (Å²) < 4.78 is 1.79. The Bertz CT molecular complexity index is 604. The van der Waals surface area contributed by atoms with Gasteiger partial charge in [-0.3, -0.25) is 4.79 Å². The van der Waals surface area contributed by atoms with Crippen LogP contribution < -0.4 is 10.6 Å². The van der Waals surface area contributed by atoms with Crippen molar-refractivity contribution in [2.24, 2.45) is 0 Å². The maximum absolute atomic E-state index is 12.0. The summed E-state index contributed by atoms with van der Waals surface area (Å²) in [6.07, 6.45) is 2.63. The van der Waals surface area contributed by atoms with Crippen LogP contribution in [0.4, 0.5) is 11.5 Å². The van der Waals surface area contributed by atoms with E-state index in [2.05, 4.69) is 28.7 Å². The second-order valence-corrected chi connectivity index (χ2v) is 5.17. The average Bonchev–Trinajstić information content (AvgIpc) is 2.93. The van der Waals surface area contributed by atoms with Crippen LogP contribution in [0, 0.1) is 0 Å². The minimum Gasteiger partial charge on any atom is -0.376 e. The highest BCUT2D eigenvalue weighted by atomic mass is 16.2. The molecule has 1 amide bonds. The van der Waals surface area contributed by atoms with Crippen molar-refractivity contribution in [1.29, 1.82) is 0 Å². The van der Waals surface area contributed by atoms with Crippen molar-refractivity contribution in [3.05, 3.63) is 42.1 Å². The molecule has 2 N–H and O–H groups in total. The van der Waals surface area contributed by atoms with Gasteiger partial charge in [0.2, 0.25) is 5.91 Å². The number of para-hydroxylation sites is 1. The van der Waals surface area contributed by atoms with E-state index in [1.807, 2.05) is 32.0 Å². The van der Waals surface area contributed by atoms with Gasteiger partial charge in [0, 0.05) is 17.8 Å². The summed E-state index contributed by atoms with van der Waals surface area (Å²) in [5.74, 6) is 0.642. The Morgan fingerprint density at radius 3 is 2.76 bits per heavy atom. The van der Waals surface area contributed by atoms with Crippen molar-refractivity contribution >= 4 is 17.4 Å². The molecule has 0 aliphatic heterocycles. The Balaban J connectivity index is 1.95. The number of hydrogen-bond donors (Lipinski definition) is 2. The first kappa shape index (κ1) is 15.1. The largest absolute Gasteiger partial charge is 0.376 e. The van der Waals surface area contributed by atoms with Crippen molar-refractivity contribution in [2.45, 2.75) is 33.2 Å². The lowest BCUT2D eigenvalue weighted by atomic mass is 10.1. The minimum absolute atomic E-state index is 0.0803. The van der Waals surface area contributed by atoms with Crippen LogP contribution in [0.25, 0.3) is 0 Å². The lowest BCUT2D eigenvalue weighted by Crippen LogP contribution is -2.24. The van der Waals surface area contributed by atoms with Gasteiger partial charge in [-0.1, -0.05) is 25.1 Å². The van der Waals surface area contributed by atoms with Gasteiger partial charge in [0.15, 0.2) is 0 Å². The Kier molecular flexibility index (Phi) is 4.98. The van der Waals surface area contributed by atoms with Crippen LogP contribution in [0.5, 0.6) is 0 Å². The van der Waals surface area contributed by atoms with Gasteiger partial charge in [0.25, 0.3) is 0 Å². The highest BCUT2D eigenvalue weighted by Gasteiger charge is 2.09. The third kappa shape index (κ3) is 3.84. The Morgan fingerprint density at radius 1 is 1.29 bits per heavy atom. The Morgan fingerprint density at radius 2 is 2.05 bits per heavy atom. The van der Waals surface area contributed by atoms with E-state index >= 15 is 0 Å². The van der Waals surface area contributed by atoms with Gasteiger partial charge in [-0.25, -0.2) is 4.68 Å². The number of hydrogen-bond acceptors (Lipinski definition) is 3. The summed E-state index contributed by atoms with van der Waals surface area (Å²) in [6.45, 7) is 6.39. The first-order valence-corrected chi connectivity index (χ1v) is 7.27. The number of carbonyl (C=O) groups excluding carboxylic acids is 1. The number of benzene rings is 1. The van der Waals surface area contributed by atoms with Gasteiger partial charge in [-0.05, 0) is 31.9 Å². The number of rotatable bonds is 6. The quantitative estimate of drug-likeness (QED) is 0.858. The van der Waals surface area contributed by atoms with Crippen LogP contribution in [-0.4, -0.2) is 22.2 Å². The zero-order valence-corrected chi connectivity index (χ0v) is 12.8. The molecular formula is C16H22N4O. The molecule has 0 radical (unpaired) electrons. The molecule has 5 heteroatoms. The molecule has 0 unspecified atom stereocenters. The maximum atomic E-state index is 12.0. The van der Waals surface area contributed by atoms with Gasteiger partial charge >= 0.3 is 0 Å². The number of anilines is 2. The summed E-state index contributed by atoms with van der Waals surface area (Å²) in [5.41, 5.74) is 2.21.